The van der Waals surface area contributed by atoms with Crippen molar-refractivity contribution in [3.8, 4) is 11.1 Å². The zero-order valence-corrected chi connectivity index (χ0v) is 12.6. The van der Waals surface area contributed by atoms with Crippen LogP contribution in [-0.2, 0) is 0 Å². The molecule has 23 heavy (non-hydrogen) atoms. The van der Waals surface area contributed by atoms with E-state index >= 15 is 0 Å². The van der Waals surface area contributed by atoms with E-state index in [-0.39, 0.29) is 11.5 Å². The first kappa shape index (κ1) is 15.0. The van der Waals surface area contributed by atoms with Gasteiger partial charge in [-0.15, -0.1) is 0 Å². The first-order valence-corrected chi connectivity index (χ1v) is 7.16. The molecule has 1 heterocycles. The Morgan fingerprint density at radius 1 is 1.00 bits per heavy atom. The van der Waals surface area contributed by atoms with E-state index in [1.807, 2.05) is 12.1 Å². The quantitative estimate of drug-likeness (QED) is 0.436. The van der Waals surface area contributed by atoms with E-state index in [2.05, 4.69) is 4.98 Å². The Labute approximate surface area is 136 Å². The molecule has 0 radical (unpaired) electrons. The smallest absolute Gasteiger partial charge is 0.269 e. The highest BCUT2D eigenvalue weighted by atomic mass is 35.5. The van der Waals surface area contributed by atoms with Gasteiger partial charge in [-0.1, -0.05) is 23.7 Å². The number of benzene rings is 2. The van der Waals surface area contributed by atoms with E-state index in [1.54, 1.807) is 24.5 Å². The molecule has 0 amide bonds. The Balaban J connectivity index is 1.96. The molecular weight excluding hydrogens is 316 g/mol. The molecule has 2 aromatic carbocycles. The normalized spacial score (nSPS) is 10.5. The molecule has 0 spiro atoms. The maximum atomic E-state index is 12.6. The van der Waals surface area contributed by atoms with Crippen molar-refractivity contribution >= 4 is 23.1 Å². The Bertz CT molecular complexity index is 868. The summed E-state index contributed by atoms with van der Waals surface area (Å²) >= 11 is 5.88. The van der Waals surface area contributed by atoms with Crippen LogP contribution in [0.2, 0.25) is 5.02 Å². The van der Waals surface area contributed by atoms with E-state index in [1.165, 1.54) is 24.3 Å². The maximum absolute atomic E-state index is 12.6. The van der Waals surface area contributed by atoms with Gasteiger partial charge in [0.2, 0.25) is 0 Å². The van der Waals surface area contributed by atoms with Crippen LogP contribution in [0.15, 0.2) is 60.9 Å². The van der Waals surface area contributed by atoms with Gasteiger partial charge < -0.3 is 4.98 Å². The molecule has 0 aliphatic carbocycles. The van der Waals surface area contributed by atoms with E-state index in [9.17, 15) is 14.9 Å². The van der Waals surface area contributed by atoms with Crippen LogP contribution in [0.25, 0.3) is 11.1 Å². The molecule has 0 atom stereocenters. The summed E-state index contributed by atoms with van der Waals surface area (Å²) in [5, 5.41) is 11.3. The first-order valence-electron chi connectivity index (χ1n) is 6.78. The molecule has 0 unspecified atom stereocenters. The van der Waals surface area contributed by atoms with E-state index < -0.39 is 4.92 Å². The number of hydrogen-bond acceptors (Lipinski definition) is 3. The summed E-state index contributed by atoms with van der Waals surface area (Å²) in [6.07, 6.45) is 3.36. The largest absolute Gasteiger partial charge is 0.366 e. The van der Waals surface area contributed by atoms with Gasteiger partial charge in [0, 0.05) is 46.2 Å². The number of nitro benzene ring substituents is 1. The van der Waals surface area contributed by atoms with Gasteiger partial charge in [0.05, 0.1) is 4.92 Å². The lowest BCUT2D eigenvalue weighted by molar-refractivity contribution is -0.384. The summed E-state index contributed by atoms with van der Waals surface area (Å²) in [5.74, 6) is -0.203. The number of aromatic nitrogens is 1. The summed E-state index contributed by atoms with van der Waals surface area (Å²) in [4.78, 5) is 25.7. The standard InChI is InChI=1S/C17H11ClN2O3/c18-13-5-1-11(2-6-13)15-9-19-10-16(15)17(21)12-3-7-14(8-4-12)20(22)23/h1-10,19H. The average Bonchev–Trinajstić information content (AvgIpc) is 3.04. The van der Waals surface area contributed by atoms with Crippen LogP contribution < -0.4 is 0 Å². The van der Waals surface area contributed by atoms with Gasteiger partial charge in [-0.2, -0.15) is 0 Å². The molecule has 0 saturated carbocycles. The Kier molecular flexibility index (Phi) is 3.95. The van der Waals surface area contributed by atoms with Crippen molar-refractivity contribution in [2.24, 2.45) is 0 Å². The summed E-state index contributed by atoms with van der Waals surface area (Å²) < 4.78 is 0. The topological polar surface area (TPSA) is 76.0 Å². The van der Waals surface area contributed by atoms with Crippen LogP contribution in [0.1, 0.15) is 15.9 Å². The van der Waals surface area contributed by atoms with E-state index in [0.29, 0.717) is 16.1 Å². The van der Waals surface area contributed by atoms with Crippen molar-refractivity contribution < 1.29 is 9.72 Å². The molecule has 1 N–H and O–H groups in total. The molecule has 6 heteroatoms. The van der Waals surface area contributed by atoms with E-state index in [0.717, 1.165) is 11.1 Å². The second-order valence-corrected chi connectivity index (χ2v) is 5.36. The van der Waals surface area contributed by atoms with Crippen LogP contribution in [0.3, 0.4) is 0 Å². The number of ketones is 1. The number of nitrogens with one attached hydrogen (secondary N) is 1. The highest BCUT2D eigenvalue weighted by Crippen LogP contribution is 2.27. The molecule has 5 nitrogen and oxygen atoms in total. The predicted octanol–water partition coefficient (Wildman–Crippen LogP) is 4.47. The molecular formula is C17H11ClN2O3. The van der Waals surface area contributed by atoms with Gasteiger partial charge in [-0.25, -0.2) is 0 Å². The Hall–Kier alpha value is -2.92. The number of non-ortho nitro benzene ring substituents is 1. The predicted molar refractivity (Wildman–Crippen MR) is 87.8 cm³/mol. The molecule has 0 saturated heterocycles. The lowest BCUT2D eigenvalue weighted by Gasteiger charge is -2.04. The lowest BCUT2D eigenvalue weighted by atomic mass is 9.98. The third-order valence-electron chi connectivity index (χ3n) is 3.49. The van der Waals surface area contributed by atoms with Crippen molar-refractivity contribution in [3.05, 3.63) is 87.2 Å². The lowest BCUT2D eigenvalue weighted by Crippen LogP contribution is -2.01. The van der Waals surface area contributed by atoms with E-state index in [4.69, 9.17) is 11.6 Å². The zero-order chi connectivity index (χ0) is 16.4. The minimum atomic E-state index is -0.496. The number of hydrogen-bond donors (Lipinski definition) is 1. The minimum absolute atomic E-state index is 0.0476. The second-order valence-electron chi connectivity index (χ2n) is 4.92. The number of H-pyrrole nitrogens is 1. The van der Waals surface area contributed by atoms with Crippen LogP contribution in [0.5, 0.6) is 0 Å². The van der Waals surface area contributed by atoms with Gasteiger partial charge in [0.25, 0.3) is 5.69 Å². The Morgan fingerprint density at radius 2 is 1.65 bits per heavy atom. The highest BCUT2D eigenvalue weighted by Gasteiger charge is 2.17. The van der Waals surface area contributed by atoms with Gasteiger partial charge in [-0.3, -0.25) is 14.9 Å². The molecule has 0 bridgehead atoms. The van der Waals surface area contributed by atoms with Crippen LogP contribution in [0, 0.1) is 10.1 Å². The summed E-state index contributed by atoms with van der Waals surface area (Å²) in [7, 11) is 0. The van der Waals surface area contributed by atoms with Crippen molar-refractivity contribution in [2.45, 2.75) is 0 Å². The number of carbonyl (C=O) groups excluding carboxylic acids is 1. The third kappa shape index (κ3) is 3.00. The SMILES string of the molecule is O=C(c1ccc([N+](=O)[O-])cc1)c1c[nH]cc1-c1ccc(Cl)cc1. The number of carbonyl (C=O) groups is 1. The van der Waals surface area contributed by atoms with Crippen LogP contribution >= 0.6 is 11.6 Å². The highest BCUT2D eigenvalue weighted by molar-refractivity contribution is 6.30. The number of rotatable bonds is 4. The number of nitro groups is 1. The fraction of sp³-hybridized carbons (Fsp3) is 0. The summed E-state index contributed by atoms with van der Waals surface area (Å²) in [6.45, 7) is 0. The third-order valence-corrected chi connectivity index (χ3v) is 3.74. The maximum Gasteiger partial charge on any atom is 0.269 e. The number of aromatic amines is 1. The van der Waals surface area contributed by atoms with Crippen molar-refractivity contribution in [2.75, 3.05) is 0 Å². The summed E-state index contributed by atoms with van der Waals surface area (Å²) in [5.41, 5.74) is 2.46. The molecule has 3 aromatic rings. The van der Waals surface area contributed by atoms with Gasteiger partial charge in [-0.05, 0) is 29.8 Å². The molecule has 3 rings (SSSR count). The number of halogens is 1. The summed E-state index contributed by atoms with van der Waals surface area (Å²) in [6, 6.07) is 12.7. The second kappa shape index (κ2) is 6.06. The fourth-order valence-electron chi connectivity index (χ4n) is 2.31. The molecule has 0 aliphatic heterocycles. The van der Waals surface area contributed by atoms with Crippen molar-refractivity contribution in [1.82, 2.24) is 4.98 Å². The Morgan fingerprint density at radius 3 is 2.26 bits per heavy atom. The monoisotopic (exact) mass is 326 g/mol. The minimum Gasteiger partial charge on any atom is -0.366 e. The molecule has 0 fully saturated rings. The van der Waals surface area contributed by atoms with Gasteiger partial charge >= 0.3 is 0 Å². The van der Waals surface area contributed by atoms with Gasteiger partial charge in [0.15, 0.2) is 5.78 Å². The van der Waals surface area contributed by atoms with Crippen molar-refractivity contribution in [1.29, 1.82) is 0 Å². The van der Waals surface area contributed by atoms with Crippen LogP contribution in [0.4, 0.5) is 5.69 Å². The van der Waals surface area contributed by atoms with Gasteiger partial charge in [0.1, 0.15) is 0 Å². The van der Waals surface area contributed by atoms with Crippen molar-refractivity contribution in [3.63, 3.8) is 0 Å². The fourth-order valence-corrected chi connectivity index (χ4v) is 2.44. The zero-order valence-electron chi connectivity index (χ0n) is 11.8. The molecule has 114 valence electrons. The molecule has 0 aliphatic rings. The first-order chi connectivity index (χ1) is 11.1. The average molecular weight is 327 g/mol. The molecule has 1 aromatic heterocycles. The number of nitrogens with zero attached hydrogens (tertiary/aromatic N) is 1. The van der Waals surface area contributed by atoms with Crippen LogP contribution in [-0.4, -0.2) is 15.7 Å².